The van der Waals surface area contributed by atoms with Crippen LogP contribution in [-0.2, 0) is 14.8 Å². The molecule has 3 N–H and O–H groups in total. The van der Waals surface area contributed by atoms with Crippen molar-refractivity contribution in [3.63, 3.8) is 0 Å². The third kappa shape index (κ3) is 5.05. The Labute approximate surface area is 135 Å². The molecule has 5 nitrogen and oxygen atoms in total. The van der Waals surface area contributed by atoms with Gasteiger partial charge >= 0.3 is 0 Å². The molecule has 2 aromatic carbocycles. The first-order valence-corrected chi connectivity index (χ1v) is 8.53. The number of hydrogen-bond acceptors (Lipinski definition) is 3. The molecule has 0 fully saturated rings. The zero-order valence-electron chi connectivity index (χ0n) is 12.6. The summed E-state index contributed by atoms with van der Waals surface area (Å²) in [6.07, 6.45) is 1.46. The summed E-state index contributed by atoms with van der Waals surface area (Å²) in [6, 6.07) is 14.8. The van der Waals surface area contributed by atoms with E-state index in [1.807, 2.05) is 31.2 Å². The highest BCUT2D eigenvalue weighted by atomic mass is 32.2. The van der Waals surface area contributed by atoms with Crippen LogP contribution in [0.4, 0.5) is 0 Å². The predicted molar refractivity (Wildman–Crippen MR) is 90.6 cm³/mol. The molecule has 0 aliphatic carbocycles. The molecule has 0 bridgehead atoms. The first kappa shape index (κ1) is 16.9. The second-order valence-electron chi connectivity index (χ2n) is 5.12. The van der Waals surface area contributed by atoms with Crippen molar-refractivity contribution in [2.75, 3.05) is 0 Å². The molecule has 0 aliphatic rings. The number of nitrogens with two attached hydrogens (primary N) is 1. The van der Waals surface area contributed by atoms with Gasteiger partial charge in [0.15, 0.2) is 0 Å². The summed E-state index contributed by atoms with van der Waals surface area (Å²) in [6.45, 7) is 1.95. The van der Waals surface area contributed by atoms with Crippen LogP contribution in [0.2, 0.25) is 0 Å². The Morgan fingerprint density at radius 1 is 1.09 bits per heavy atom. The van der Waals surface area contributed by atoms with E-state index in [4.69, 9.17) is 5.73 Å². The van der Waals surface area contributed by atoms with Gasteiger partial charge in [-0.15, -0.1) is 0 Å². The van der Waals surface area contributed by atoms with Crippen LogP contribution >= 0.6 is 0 Å². The van der Waals surface area contributed by atoms with E-state index in [0.717, 1.165) is 16.5 Å². The second kappa shape index (κ2) is 7.21. The number of benzene rings is 2. The summed E-state index contributed by atoms with van der Waals surface area (Å²) in [7, 11) is -3.81. The minimum absolute atomic E-state index is 0.493. The molecule has 2 rings (SSSR count). The number of nitrogens with one attached hydrogen (secondary N) is 1. The van der Waals surface area contributed by atoms with Gasteiger partial charge in [0, 0.05) is 5.41 Å². The molecule has 0 aromatic heterocycles. The van der Waals surface area contributed by atoms with Crippen molar-refractivity contribution in [3.05, 3.63) is 76.7 Å². The van der Waals surface area contributed by atoms with Crippen LogP contribution in [0, 0.1) is 6.92 Å². The van der Waals surface area contributed by atoms with Crippen molar-refractivity contribution in [2.24, 2.45) is 5.73 Å². The standard InChI is InChI=1S/C17H18N2O3S/c1-13-7-9-14(10-8-13)11-12-23(21,22)19-16(17(18)20)15-5-3-2-4-6-15/h2-12,16,19H,1H3,(H2,18,20)/b12-11-/t16-/m0/s1. The Bertz CT molecular complexity index is 797. The van der Waals surface area contributed by atoms with Crippen molar-refractivity contribution in [1.29, 1.82) is 0 Å². The fourth-order valence-corrected chi connectivity index (χ4v) is 2.98. The molecule has 0 spiro atoms. The lowest BCUT2D eigenvalue weighted by molar-refractivity contribution is -0.119. The monoisotopic (exact) mass is 330 g/mol. The summed E-state index contributed by atoms with van der Waals surface area (Å²) in [4.78, 5) is 11.6. The van der Waals surface area contributed by atoms with E-state index >= 15 is 0 Å². The largest absolute Gasteiger partial charge is 0.368 e. The van der Waals surface area contributed by atoms with Gasteiger partial charge in [-0.1, -0.05) is 60.2 Å². The predicted octanol–water partition coefficient (Wildman–Crippen LogP) is 2.11. The highest BCUT2D eigenvalue weighted by molar-refractivity contribution is 7.92. The molecule has 6 heteroatoms. The molecule has 120 valence electrons. The summed E-state index contributed by atoms with van der Waals surface area (Å²) in [5, 5.41) is 1.02. The minimum atomic E-state index is -3.81. The molecule has 0 saturated carbocycles. The molecule has 0 saturated heterocycles. The van der Waals surface area contributed by atoms with E-state index in [2.05, 4.69) is 4.72 Å². The maximum absolute atomic E-state index is 12.2. The molecule has 0 radical (unpaired) electrons. The third-order valence-corrected chi connectivity index (χ3v) is 4.28. The number of aryl methyl sites for hydroxylation is 1. The normalized spacial score (nSPS) is 13.1. The number of sulfonamides is 1. The molecule has 1 atom stereocenters. The van der Waals surface area contributed by atoms with Gasteiger partial charge < -0.3 is 5.73 Å². The fourth-order valence-electron chi connectivity index (χ4n) is 1.99. The fraction of sp³-hybridized carbons (Fsp3) is 0.118. The van der Waals surface area contributed by atoms with Crippen molar-refractivity contribution < 1.29 is 13.2 Å². The lowest BCUT2D eigenvalue weighted by Crippen LogP contribution is -2.36. The Morgan fingerprint density at radius 3 is 2.26 bits per heavy atom. The Hall–Kier alpha value is -2.44. The summed E-state index contributed by atoms with van der Waals surface area (Å²) in [5.74, 6) is -0.761. The van der Waals surface area contributed by atoms with Crippen LogP contribution in [0.3, 0.4) is 0 Å². The second-order valence-corrected chi connectivity index (χ2v) is 6.72. The van der Waals surface area contributed by atoms with Gasteiger partial charge in [-0.25, -0.2) is 8.42 Å². The number of rotatable bonds is 6. The van der Waals surface area contributed by atoms with Crippen molar-refractivity contribution in [3.8, 4) is 0 Å². The molecule has 0 heterocycles. The van der Waals surface area contributed by atoms with Gasteiger partial charge in [0.05, 0.1) is 0 Å². The number of carbonyl (C=O) groups is 1. The van der Waals surface area contributed by atoms with E-state index in [9.17, 15) is 13.2 Å². The van der Waals surface area contributed by atoms with Gasteiger partial charge in [0.25, 0.3) is 0 Å². The van der Waals surface area contributed by atoms with Crippen molar-refractivity contribution in [1.82, 2.24) is 4.72 Å². The molecule has 0 unspecified atom stereocenters. The zero-order chi connectivity index (χ0) is 16.9. The maximum atomic E-state index is 12.2. The summed E-state index contributed by atoms with van der Waals surface area (Å²) < 4.78 is 26.6. The third-order valence-electron chi connectivity index (χ3n) is 3.22. The minimum Gasteiger partial charge on any atom is -0.368 e. The lowest BCUT2D eigenvalue weighted by Gasteiger charge is -2.14. The van der Waals surface area contributed by atoms with Gasteiger partial charge in [0.1, 0.15) is 6.04 Å². The highest BCUT2D eigenvalue weighted by Gasteiger charge is 2.22. The van der Waals surface area contributed by atoms with E-state index in [1.54, 1.807) is 30.3 Å². The average Bonchev–Trinajstić information content (AvgIpc) is 2.53. The Kier molecular flexibility index (Phi) is 5.31. The molecular formula is C17H18N2O3S. The van der Waals surface area contributed by atoms with Crippen molar-refractivity contribution >= 4 is 22.0 Å². The first-order valence-electron chi connectivity index (χ1n) is 6.99. The quantitative estimate of drug-likeness (QED) is 0.850. The van der Waals surface area contributed by atoms with Crippen LogP contribution in [0.15, 0.2) is 60.0 Å². The van der Waals surface area contributed by atoms with E-state index in [1.165, 1.54) is 6.08 Å². The van der Waals surface area contributed by atoms with Crippen LogP contribution in [-0.4, -0.2) is 14.3 Å². The van der Waals surface area contributed by atoms with Crippen LogP contribution in [0.1, 0.15) is 22.7 Å². The SMILES string of the molecule is Cc1ccc(/C=C\S(=O)(=O)N[C@H](C(N)=O)c2ccccc2)cc1. The maximum Gasteiger partial charge on any atom is 0.240 e. The molecule has 23 heavy (non-hydrogen) atoms. The van der Waals surface area contributed by atoms with Gasteiger partial charge in [-0.2, -0.15) is 4.72 Å². The summed E-state index contributed by atoms with van der Waals surface area (Å²) in [5.41, 5.74) is 7.63. The number of carbonyl (C=O) groups excluding carboxylic acids is 1. The van der Waals surface area contributed by atoms with E-state index in [0.29, 0.717) is 5.56 Å². The number of primary amides is 1. The molecular weight excluding hydrogens is 312 g/mol. The Morgan fingerprint density at radius 2 is 1.70 bits per heavy atom. The van der Waals surface area contributed by atoms with Crippen LogP contribution < -0.4 is 10.5 Å². The van der Waals surface area contributed by atoms with E-state index < -0.39 is 22.0 Å². The topological polar surface area (TPSA) is 89.3 Å². The molecule has 2 aromatic rings. The van der Waals surface area contributed by atoms with Gasteiger partial charge in [-0.3, -0.25) is 4.79 Å². The van der Waals surface area contributed by atoms with E-state index in [-0.39, 0.29) is 0 Å². The lowest BCUT2D eigenvalue weighted by atomic mass is 10.1. The highest BCUT2D eigenvalue weighted by Crippen LogP contribution is 2.14. The van der Waals surface area contributed by atoms with Gasteiger partial charge in [0.2, 0.25) is 15.9 Å². The Balaban J connectivity index is 2.18. The molecule has 0 aliphatic heterocycles. The first-order chi connectivity index (χ1) is 10.9. The smallest absolute Gasteiger partial charge is 0.240 e. The number of amides is 1. The van der Waals surface area contributed by atoms with Crippen molar-refractivity contribution in [2.45, 2.75) is 13.0 Å². The van der Waals surface area contributed by atoms with Crippen LogP contribution in [0.25, 0.3) is 6.08 Å². The number of hydrogen-bond donors (Lipinski definition) is 2. The molecule has 1 amide bonds. The zero-order valence-corrected chi connectivity index (χ0v) is 13.5. The average molecular weight is 330 g/mol. The van der Waals surface area contributed by atoms with Crippen LogP contribution in [0.5, 0.6) is 0 Å². The summed E-state index contributed by atoms with van der Waals surface area (Å²) >= 11 is 0. The van der Waals surface area contributed by atoms with Gasteiger partial charge in [-0.05, 0) is 24.1 Å².